The molecule has 190 valence electrons. The third kappa shape index (κ3) is 6.47. The molecule has 2 aromatic heterocycles. The van der Waals surface area contributed by atoms with Gasteiger partial charge in [-0.05, 0) is 23.6 Å². The monoisotopic (exact) mass is 523 g/mol. The minimum absolute atomic E-state index is 0.215. The second kappa shape index (κ2) is 12.2. The maximum absolute atomic E-state index is 6.32. The van der Waals surface area contributed by atoms with E-state index in [-0.39, 0.29) is 6.01 Å². The van der Waals surface area contributed by atoms with Crippen molar-refractivity contribution in [1.82, 2.24) is 15.0 Å². The zero-order valence-corrected chi connectivity index (χ0v) is 21.6. The largest absolute Gasteiger partial charge is 0.488 e. The number of benzene rings is 3. The first-order valence-corrected chi connectivity index (χ1v) is 12.6. The van der Waals surface area contributed by atoms with Gasteiger partial charge in [0.25, 0.3) is 0 Å². The molecule has 0 saturated heterocycles. The maximum Gasteiger partial charge on any atom is 0.320 e. The molecule has 0 spiro atoms. The van der Waals surface area contributed by atoms with Gasteiger partial charge in [-0.2, -0.15) is 4.98 Å². The molecule has 0 atom stereocenters. The highest BCUT2D eigenvalue weighted by Crippen LogP contribution is 2.39. The lowest BCUT2D eigenvalue weighted by atomic mass is 10.1. The van der Waals surface area contributed by atoms with Crippen molar-refractivity contribution < 1.29 is 14.2 Å². The molecule has 0 bridgehead atoms. The van der Waals surface area contributed by atoms with Gasteiger partial charge in [-0.3, -0.25) is 0 Å². The van der Waals surface area contributed by atoms with E-state index in [1.54, 1.807) is 12.3 Å². The summed E-state index contributed by atoms with van der Waals surface area (Å²) in [6.07, 6.45) is 1.68. The molecule has 0 amide bonds. The highest BCUT2D eigenvalue weighted by atomic mass is 35.5. The molecule has 0 N–H and O–H groups in total. The van der Waals surface area contributed by atoms with Crippen LogP contribution in [0.2, 0.25) is 5.15 Å². The summed E-state index contributed by atoms with van der Waals surface area (Å²) in [7, 11) is 0. The second-order valence-corrected chi connectivity index (χ2v) is 8.98. The Kier molecular flexibility index (Phi) is 8.11. The van der Waals surface area contributed by atoms with Crippen LogP contribution in [-0.4, -0.2) is 15.0 Å². The Morgan fingerprint density at radius 2 is 1.18 bits per heavy atom. The molecule has 5 aromatic rings. The molecule has 7 heteroatoms. The molecular formula is C31H26ClN3O3. The van der Waals surface area contributed by atoms with E-state index < -0.39 is 0 Å². The summed E-state index contributed by atoms with van der Waals surface area (Å²) in [4.78, 5) is 13.6. The number of hydrogen-bond donors (Lipinski definition) is 0. The van der Waals surface area contributed by atoms with Crippen LogP contribution in [0.5, 0.6) is 17.6 Å². The normalized spacial score (nSPS) is 10.7. The number of hydrogen-bond acceptors (Lipinski definition) is 6. The molecule has 0 aliphatic carbocycles. The first-order chi connectivity index (χ1) is 18.7. The minimum atomic E-state index is 0.215. The van der Waals surface area contributed by atoms with Crippen molar-refractivity contribution >= 4 is 11.6 Å². The molecule has 3 aromatic carbocycles. The van der Waals surface area contributed by atoms with Crippen LogP contribution in [0.3, 0.4) is 0 Å². The summed E-state index contributed by atoms with van der Waals surface area (Å²) in [5.74, 6) is 0.932. The first-order valence-electron chi connectivity index (χ1n) is 12.2. The average molecular weight is 524 g/mol. The molecule has 5 rings (SSSR count). The highest BCUT2D eigenvalue weighted by molar-refractivity contribution is 6.29. The highest BCUT2D eigenvalue weighted by Gasteiger charge is 2.20. The first kappa shape index (κ1) is 25.2. The van der Waals surface area contributed by atoms with E-state index in [9.17, 15) is 0 Å². The summed E-state index contributed by atoms with van der Waals surface area (Å²) >= 11 is 6.32. The van der Waals surface area contributed by atoms with Crippen LogP contribution >= 0.6 is 11.6 Å². The van der Waals surface area contributed by atoms with Crippen LogP contribution in [0.1, 0.15) is 22.4 Å². The molecule has 6 nitrogen and oxygen atoms in total. The van der Waals surface area contributed by atoms with Gasteiger partial charge in [-0.1, -0.05) is 103 Å². The number of ether oxygens (including phenoxy) is 3. The molecular weight excluding hydrogens is 498 g/mol. The van der Waals surface area contributed by atoms with Crippen LogP contribution < -0.4 is 14.2 Å². The van der Waals surface area contributed by atoms with E-state index in [1.165, 1.54) is 0 Å². The Labute approximate surface area is 226 Å². The van der Waals surface area contributed by atoms with Gasteiger partial charge in [0.1, 0.15) is 30.7 Å². The lowest BCUT2D eigenvalue weighted by molar-refractivity contribution is 0.259. The zero-order chi connectivity index (χ0) is 26.2. The number of aromatic nitrogens is 3. The lowest BCUT2D eigenvalue weighted by Crippen LogP contribution is -2.06. The predicted molar refractivity (Wildman–Crippen MR) is 147 cm³/mol. The SMILES string of the molecule is Cc1nc(Cl)cc(OCc2ccccc2)c1-c1cnc(OCc2ccccc2)nc1OCc1ccccc1. The topological polar surface area (TPSA) is 66.4 Å². The maximum atomic E-state index is 6.32. The Balaban J connectivity index is 1.48. The van der Waals surface area contributed by atoms with Gasteiger partial charge >= 0.3 is 6.01 Å². The van der Waals surface area contributed by atoms with Crippen LogP contribution in [-0.2, 0) is 19.8 Å². The number of pyridine rings is 1. The van der Waals surface area contributed by atoms with Crippen LogP contribution in [0.25, 0.3) is 11.1 Å². The molecule has 0 fully saturated rings. The Bertz CT molecular complexity index is 1480. The molecule has 0 unspecified atom stereocenters. The van der Waals surface area contributed by atoms with E-state index in [0.717, 1.165) is 16.7 Å². The Morgan fingerprint density at radius 3 is 1.76 bits per heavy atom. The van der Waals surface area contributed by atoms with Gasteiger partial charge in [0.15, 0.2) is 0 Å². The average Bonchev–Trinajstić information content (AvgIpc) is 2.96. The number of aryl methyl sites for hydroxylation is 1. The number of nitrogens with zero attached hydrogens (tertiary/aromatic N) is 3. The zero-order valence-electron chi connectivity index (χ0n) is 20.9. The molecule has 0 aliphatic rings. The van der Waals surface area contributed by atoms with E-state index in [4.69, 9.17) is 25.8 Å². The third-order valence-corrected chi connectivity index (χ3v) is 5.99. The van der Waals surface area contributed by atoms with Crippen molar-refractivity contribution in [3.05, 3.63) is 131 Å². The minimum Gasteiger partial charge on any atom is -0.488 e. The van der Waals surface area contributed by atoms with Gasteiger partial charge in [-0.25, -0.2) is 9.97 Å². The van der Waals surface area contributed by atoms with E-state index in [2.05, 4.69) is 15.0 Å². The van der Waals surface area contributed by atoms with Gasteiger partial charge in [0.05, 0.1) is 16.8 Å². The fraction of sp³-hybridized carbons (Fsp3) is 0.129. The van der Waals surface area contributed by atoms with Crippen molar-refractivity contribution in [3.8, 4) is 28.8 Å². The fourth-order valence-electron chi connectivity index (χ4n) is 3.93. The summed E-state index contributed by atoms with van der Waals surface area (Å²) in [6.45, 7) is 2.90. The Morgan fingerprint density at radius 1 is 0.658 bits per heavy atom. The molecule has 0 radical (unpaired) electrons. The van der Waals surface area contributed by atoms with Crippen molar-refractivity contribution in [2.45, 2.75) is 26.7 Å². The summed E-state index contributed by atoms with van der Waals surface area (Å²) in [6, 6.07) is 31.6. The quantitative estimate of drug-likeness (QED) is 0.180. The third-order valence-electron chi connectivity index (χ3n) is 5.80. The summed E-state index contributed by atoms with van der Waals surface area (Å²) in [5.41, 5.74) is 5.08. The predicted octanol–water partition coefficient (Wildman–Crippen LogP) is 7.24. The van der Waals surface area contributed by atoms with Crippen molar-refractivity contribution in [1.29, 1.82) is 0 Å². The van der Waals surface area contributed by atoms with E-state index in [0.29, 0.717) is 53.4 Å². The molecule has 38 heavy (non-hydrogen) atoms. The van der Waals surface area contributed by atoms with Gasteiger partial charge in [0.2, 0.25) is 5.88 Å². The summed E-state index contributed by atoms with van der Waals surface area (Å²) in [5, 5.41) is 0.338. The van der Waals surface area contributed by atoms with Crippen molar-refractivity contribution in [3.63, 3.8) is 0 Å². The van der Waals surface area contributed by atoms with Crippen molar-refractivity contribution in [2.75, 3.05) is 0 Å². The number of halogens is 1. The smallest absolute Gasteiger partial charge is 0.320 e. The lowest BCUT2D eigenvalue weighted by Gasteiger charge is -2.17. The number of rotatable bonds is 10. The Hall–Kier alpha value is -4.42. The molecule has 2 heterocycles. The molecule has 0 saturated carbocycles. The van der Waals surface area contributed by atoms with Gasteiger partial charge < -0.3 is 14.2 Å². The van der Waals surface area contributed by atoms with Crippen LogP contribution in [0, 0.1) is 6.92 Å². The van der Waals surface area contributed by atoms with Crippen molar-refractivity contribution in [2.24, 2.45) is 0 Å². The second-order valence-electron chi connectivity index (χ2n) is 8.60. The molecule has 0 aliphatic heterocycles. The van der Waals surface area contributed by atoms with E-state index in [1.807, 2.05) is 97.9 Å². The standard InChI is InChI=1S/C31H26ClN3O3/c1-22-29(27(17-28(32)34-22)36-19-23-11-5-2-6-12-23)26-18-33-31(38-21-25-15-9-4-10-16-25)35-30(26)37-20-24-13-7-3-8-14-24/h2-18H,19-21H2,1H3. The van der Waals surface area contributed by atoms with Gasteiger partial charge in [-0.15, -0.1) is 0 Å². The summed E-state index contributed by atoms with van der Waals surface area (Å²) < 4.78 is 18.3. The van der Waals surface area contributed by atoms with E-state index >= 15 is 0 Å². The van der Waals surface area contributed by atoms with Gasteiger partial charge in [0, 0.05) is 12.3 Å². The van der Waals surface area contributed by atoms with Crippen LogP contribution in [0.15, 0.2) is 103 Å². The fourth-order valence-corrected chi connectivity index (χ4v) is 4.16. The van der Waals surface area contributed by atoms with Crippen LogP contribution in [0.4, 0.5) is 0 Å².